The lowest BCUT2D eigenvalue weighted by atomic mass is 9.65. The summed E-state index contributed by atoms with van der Waals surface area (Å²) in [5, 5.41) is 12.0. The third-order valence-corrected chi connectivity index (χ3v) is 16.0. The molecule has 8 nitrogen and oxygen atoms in total. The molecule has 0 aliphatic carbocycles. The van der Waals surface area contributed by atoms with E-state index in [0.29, 0.717) is 45.0 Å². The van der Waals surface area contributed by atoms with E-state index in [4.69, 9.17) is 0 Å². The molecule has 0 unspecified atom stereocenters. The van der Waals surface area contributed by atoms with E-state index in [1.807, 2.05) is 97.1 Å². The Morgan fingerprint density at radius 1 is 0.205 bits per heavy atom. The van der Waals surface area contributed by atoms with Crippen LogP contribution in [0.5, 0.6) is 0 Å². The number of carbonyl (C=O) groups is 4. The summed E-state index contributed by atoms with van der Waals surface area (Å²) in [5.41, 5.74) is 13.8. The highest BCUT2D eigenvalue weighted by molar-refractivity contribution is 6.08. The summed E-state index contributed by atoms with van der Waals surface area (Å²) in [5.74, 6) is -1.11. The zero-order valence-electron chi connectivity index (χ0n) is 48.0. The summed E-state index contributed by atoms with van der Waals surface area (Å²) in [6.45, 7) is 0. The number of hydrogen-bond donors (Lipinski definition) is 4. The van der Waals surface area contributed by atoms with Gasteiger partial charge in [0.15, 0.2) is 0 Å². The van der Waals surface area contributed by atoms with Crippen molar-refractivity contribution >= 4 is 58.5 Å². The number of hydrogen-bond acceptors (Lipinski definition) is 4. The maximum absolute atomic E-state index is 13.5. The van der Waals surface area contributed by atoms with Gasteiger partial charge in [-0.05, 0) is 153 Å². The molecule has 0 aliphatic heterocycles. The average Bonchev–Trinajstić information content (AvgIpc) is 1.18. The molecule has 8 heteroatoms. The molecular formula is C80H60N4O4. The average molecular weight is 1140 g/mol. The third-order valence-electron chi connectivity index (χ3n) is 16.0. The number of nitrogens with one attached hydrogen (secondary N) is 4. The molecular weight excluding hydrogens is 1080 g/mol. The highest BCUT2D eigenvalue weighted by atomic mass is 16.2. The van der Waals surface area contributed by atoms with Crippen LogP contribution in [0, 0.1) is 0 Å². The van der Waals surface area contributed by atoms with Crippen LogP contribution >= 0.6 is 0 Å². The zero-order chi connectivity index (χ0) is 60.1. The molecule has 4 N–H and O–H groups in total. The lowest BCUT2D eigenvalue weighted by Crippen LogP contribution is -2.31. The first kappa shape index (κ1) is 56.7. The van der Waals surface area contributed by atoms with Crippen LogP contribution in [0.2, 0.25) is 0 Å². The molecule has 0 saturated heterocycles. The molecule has 0 saturated carbocycles. The van der Waals surface area contributed by atoms with E-state index in [2.05, 4.69) is 191 Å². The van der Waals surface area contributed by atoms with Crippen LogP contribution in [-0.4, -0.2) is 23.6 Å². The van der Waals surface area contributed by atoms with Crippen molar-refractivity contribution in [1.29, 1.82) is 0 Å². The summed E-state index contributed by atoms with van der Waals surface area (Å²) in [4.78, 5) is 53.7. The number of carbonyl (C=O) groups excluding carboxylic acids is 4. The highest BCUT2D eigenvalue weighted by Gasteiger charge is 2.39. The SMILES string of the molecule is O=C(Nc1ccc(C(=O)Nc2ccc(C(c3ccccc3)(c3ccccc3)c3ccccc3)cc2)cc1)c1ccc(/C=C/c2ccc(C(=O)Nc3ccc(C(=O)Nc4ccc(C(c5ccccc5)(c5ccccc5)c5ccccc5)cc4)cc3)cc2)cc1. The lowest BCUT2D eigenvalue weighted by Gasteiger charge is -2.37. The molecule has 12 aromatic carbocycles. The first-order valence-electron chi connectivity index (χ1n) is 29.1. The molecule has 0 bridgehead atoms. The van der Waals surface area contributed by atoms with E-state index in [1.54, 1.807) is 72.8 Å². The minimum absolute atomic E-state index is 0.271. The van der Waals surface area contributed by atoms with Crippen molar-refractivity contribution in [3.8, 4) is 0 Å². The Morgan fingerprint density at radius 3 is 0.580 bits per heavy atom. The summed E-state index contributed by atoms with van der Waals surface area (Å²) < 4.78 is 0. The van der Waals surface area contributed by atoms with Gasteiger partial charge in [0.05, 0.1) is 10.8 Å². The fourth-order valence-electron chi connectivity index (χ4n) is 11.6. The summed E-state index contributed by atoms with van der Waals surface area (Å²) >= 11 is 0. The number of amides is 4. The van der Waals surface area contributed by atoms with Gasteiger partial charge >= 0.3 is 0 Å². The predicted octanol–water partition coefficient (Wildman–Crippen LogP) is 17.6. The van der Waals surface area contributed by atoms with Gasteiger partial charge in [0.1, 0.15) is 0 Å². The van der Waals surface area contributed by atoms with Crippen LogP contribution in [0.3, 0.4) is 0 Å². The number of benzene rings is 12. The van der Waals surface area contributed by atoms with Crippen molar-refractivity contribution in [1.82, 2.24) is 0 Å². The van der Waals surface area contributed by atoms with Crippen LogP contribution in [0.25, 0.3) is 12.2 Å². The van der Waals surface area contributed by atoms with Crippen LogP contribution in [0.4, 0.5) is 22.7 Å². The second kappa shape index (κ2) is 26.0. The first-order chi connectivity index (χ1) is 43.2. The second-order valence-corrected chi connectivity index (χ2v) is 21.4. The van der Waals surface area contributed by atoms with Crippen LogP contribution in [0.15, 0.2) is 328 Å². The Morgan fingerprint density at radius 2 is 0.375 bits per heavy atom. The van der Waals surface area contributed by atoms with Gasteiger partial charge in [-0.25, -0.2) is 0 Å². The smallest absolute Gasteiger partial charge is 0.255 e. The number of rotatable bonds is 18. The maximum Gasteiger partial charge on any atom is 0.255 e. The van der Waals surface area contributed by atoms with Gasteiger partial charge in [-0.1, -0.05) is 243 Å². The van der Waals surface area contributed by atoms with Gasteiger partial charge in [0.2, 0.25) is 0 Å². The predicted molar refractivity (Wildman–Crippen MR) is 356 cm³/mol. The molecule has 0 radical (unpaired) electrons. The van der Waals surface area contributed by atoms with E-state index >= 15 is 0 Å². The van der Waals surface area contributed by atoms with Crippen molar-refractivity contribution in [3.63, 3.8) is 0 Å². The fourth-order valence-corrected chi connectivity index (χ4v) is 11.6. The van der Waals surface area contributed by atoms with Crippen LogP contribution < -0.4 is 21.3 Å². The molecule has 0 aliphatic rings. The van der Waals surface area contributed by atoms with Crippen molar-refractivity contribution in [2.24, 2.45) is 0 Å². The molecule has 12 aromatic rings. The maximum atomic E-state index is 13.5. The largest absolute Gasteiger partial charge is 0.322 e. The van der Waals surface area contributed by atoms with Crippen molar-refractivity contribution in [2.75, 3.05) is 21.3 Å². The third kappa shape index (κ3) is 12.1. The molecule has 88 heavy (non-hydrogen) atoms. The van der Waals surface area contributed by atoms with E-state index < -0.39 is 10.8 Å². The van der Waals surface area contributed by atoms with Gasteiger partial charge in [0, 0.05) is 45.0 Å². The Balaban J connectivity index is 0.622. The topological polar surface area (TPSA) is 116 Å². The van der Waals surface area contributed by atoms with Gasteiger partial charge < -0.3 is 21.3 Å². The molecule has 0 aromatic heterocycles. The molecule has 424 valence electrons. The summed E-state index contributed by atoms with van der Waals surface area (Å²) in [6, 6.07) is 107. The van der Waals surface area contributed by atoms with E-state index in [0.717, 1.165) is 55.6 Å². The first-order valence-corrected chi connectivity index (χ1v) is 29.1. The monoisotopic (exact) mass is 1140 g/mol. The lowest BCUT2D eigenvalue weighted by molar-refractivity contribution is 0.101. The van der Waals surface area contributed by atoms with Crippen molar-refractivity contribution in [3.05, 3.63) is 405 Å². The van der Waals surface area contributed by atoms with E-state index in [-0.39, 0.29) is 23.6 Å². The van der Waals surface area contributed by atoms with Gasteiger partial charge in [-0.2, -0.15) is 0 Å². The molecule has 0 spiro atoms. The quantitative estimate of drug-likeness (QED) is 0.0506. The minimum Gasteiger partial charge on any atom is -0.322 e. The molecule has 12 rings (SSSR count). The van der Waals surface area contributed by atoms with Gasteiger partial charge in [-0.15, -0.1) is 0 Å². The minimum atomic E-state index is -0.597. The zero-order valence-corrected chi connectivity index (χ0v) is 48.0. The summed E-state index contributed by atoms with van der Waals surface area (Å²) in [6.07, 6.45) is 3.87. The van der Waals surface area contributed by atoms with Crippen LogP contribution in [0.1, 0.15) is 97.1 Å². The Labute approximate surface area is 512 Å². The molecule has 0 fully saturated rings. The Kier molecular flexibility index (Phi) is 16.8. The highest BCUT2D eigenvalue weighted by Crippen LogP contribution is 2.47. The normalized spacial score (nSPS) is 11.3. The Hall–Kier alpha value is -11.7. The molecule has 0 atom stereocenters. The molecule has 0 heterocycles. The fraction of sp³-hybridized carbons (Fsp3) is 0.0250. The standard InChI is InChI=1S/C80H60N4O4/c85-75(81-71-49-41-61(42-50-71)77(87)83-73-53-45-69(46-54-73)79(63-19-7-1-8-20-63,64-21-9-2-10-22-64)65-23-11-3-12-24-65)59-37-33-57(34-38-59)31-32-58-35-39-60(40-36-58)76(86)82-72-51-43-62(44-52-72)78(88)84-74-55-47-70(48-56-74)80(66-25-13-4-14-26-66,67-27-15-5-16-28-67)68-29-17-6-18-30-68/h1-56H,(H,81,85)(H,82,86)(H,83,87)(H,84,88)/b32-31+. The van der Waals surface area contributed by atoms with Gasteiger partial charge in [0.25, 0.3) is 23.6 Å². The van der Waals surface area contributed by atoms with Crippen LogP contribution in [-0.2, 0) is 10.8 Å². The van der Waals surface area contributed by atoms with Gasteiger partial charge in [-0.3, -0.25) is 19.2 Å². The molecule has 4 amide bonds. The number of anilines is 4. The Bertz CT molecular complexity index is 3880. The van der Waals surface area contributed by atoms with E-state index in [9.17, 15) is 19.2 Å². The summed E-state index contributed by atoms with van der Waals surface area (Å²) in [7, 11) is 0. The van der Waals surface area contributed by atoms with Crippen molar-refractivity contribution in [2.45, 2.75) is 10.8 Å². The van der Waals surface area contributed by atoms with Crippen molar-refractivity contribution < 1.29 is 19.2 Å². The second-order valence-electron chi connectivity index (χ2n) is 21.4. The van der Waals surface area contributed by atoms with E-state index in [1.165, 1.54) is 0 Å².